The molecule has 2 atom stereocenters. The number of benzene rings is 1. The number of halogens is 1. The Hall–Kier alpha value is -0.870. The van der Waals surface area contributed by atoms with Gasteiger partial charge in [0.15, 0.2) is 0 Å². The third kappa shape index (κ3) is 2.38. The normalized spacial score (nSPS) is 20.5. The third-order valence-corrected chi connectivity index (χ3v) is 3.90. The molecule has 0 saturated heterocycles. The molecule has 92 valence electrons. The predicted molar refractivity (Wildman–Crippen MR) is 68.2 cm³/mol. The number of hydrogen-bond donors (Lipinski definition) is 0. The van der Waals surface area contributed by atoms with Crippen molar-refractivity contribution in [1.82, 2.24) is 0 Å². The number of ether oxygens (including phenoxy) is 2. The molecule has 0 fully saturated rings. The van der Waals surface area contributed by atoms with E-state index in [0.717, 1.165) is 11.1 Å². The average Bonchev–Trinajstić information content (AvgIpc) is 2.36. The summed E-state index contributed by atoms with van der Waals surface area (Å²) in [5.41, 5.74) is 3.37. The van der Waals surface area contributed by atoms with E-state index in [1.807, 2.05) is 18.2 Å². The Morgan fingerprint density at radius 3 is 3.06 bits per heavy atom. The smallest absolute Gasteiger partial charge is 0.324 e. The number of carbonyl (C=O) groups is 1. The summed E-state index contributed by atoms with van der Waals surface area (Å²) >= 11 is 3.40. The van der Waals surface area contributed by atoms with E-state index in [2.05, 4.69) is 22.9 Å². The Morgan fingerprint density at radius 2 is 2.35 bits per heavy atom. The van der Waals surface area contributed by atoms with Crippen LogP contribution >= 0.6 is 15.9 Å². The van der Waals surface area contributed by atoms with Crippen LogP contribution < -0.4 is 0 Å². The largest absolute Gasteiger partial charge is 0.468 e. The van der Waals surface area contributed by atoms with E-state index in [9.17, 15) is 4.79 Å². The lowest BCUT2D eigenvalue weighted by Gasteiger charge is -2.26. The van der Waals surface area contributed by atoms with Crippen LogP contribution in [0.15, 0.2) is 18.2 Å². The number of hydrogen-bond acceptors (Lipinski definition) is 3. The molecule has 1 aliphatic rings. The highest BCUT2D eigenvalue weighted by Gasteiger charge is 2.26. The summed E-state index contributed by atoms with van der Waals surface area (Å²) in [6.45, 7) is 3.43. The van der Waals surface area contributed by atoms with Gasteiger partial charge in [-0.3, -0.25) is 4.79 Å². The molecule has 0 spiro atoms. The van der Waals surface area contributed by atoms with Gasteiger partial charge in [0.05, 0.1) is 20.3 Å². The van der Waals surface area contributed by atoms with Crippen LogP contribution in [0.4, 0.5) is 0 Å². The lowest BCUT2D eigenvalue weighted by atomic mass is 9.88. The maximum Gasteiger partial charge on any atom is 0.324 e. The summed E-state index contributed by atoms with van der Waals surface area (Å²) < 4.78 is 10.3. The molecular formula is C13H15BrO3. The topological polar surface area (TPSA) is 35.5 Å². The van der Waals surface area contributed by atoms with Crippen molar-refractivity contribution < 1.29 is 14.3 Å². The standard InChI is InChI=1S/C13H15BrO3/c1-8-6-17-7-9-4-3-5-10(11(8)9)12(14)13(15)16-2/h3-5,8,12H,6-7H2,1-2H3/t8-,12?/m1/s1. The van der Waals surface area contributed by atoms with Crippen molar-refractivity contribution in [3.05, 3.63) is 34.9 Å². The molecule has 0 bridgehead atoms. The minimum atomic E-state index is -0.400. The molecule has 17 heavy (non-hydrogen) atoms. The van der Waals surface area contributed by atoms with Crippen LogP contribution in [0.2, 0.25) is 0 Å². The lowest BCUT2D eigenvalue weighted by Crippen LogP contribution is -2.19. The molecule has 1 aromatic rings. The summed E-state index contributed by atoms with van der Waals surface area (Å²) in [4.78, 5) is 11.2. The predicted octanol–water partition coefficient (Wildman–Crippen LogP) is 2.93. The molecule has 2 rings (SSSR count). The van der Waals surface area contributed by atoms with Gasteiger partial charge in [-0.25, -0.2) is 0 Å². The Labute approximate surface area is 109 Å². The fraction of sp³-hybridized carbons (Fsp3) is 0.462. The van der Waals surface area contributed by atoms with E-state index in [4.69, 9.17) is 9.47 Å². The Kier molecular flexibility index (Phi) is 3.84. The van der Waals surface area contributed by atoms with Crippen molar-refractivity contribution in [2.45, 2.75) is 24.3 Å². The van der Waals surface area contributed by atoms with Gasteiger partial charge in [0.1, 0.15) is 4.83 Å². The van der Waals surface area contributed by atoms with Crippen molar-refractivity contribution in [3.63, 3.8) is 0 Å². The molecule has 1 heterocycles. The zero-order valence-electron chi connectivity index (χ0n) is 9.90. The van der Waals surface area contributed by atoms with Gasteiger partial charge in [-0.15, -0.1) is 0 Å². The maximum atomic E-state index is 11.6. The third-order valence-electron chi connectivity index (χ3n) is 3.03. The van der Waals surface area contributed by atoms with Gasteiger partial charge in [0.25, 0.3) is 0 Å². The Balaban J connectivity index is 2.44. The first-order valence-electron chi connectivity index (χ1n) is 5.56. The highest BCUT2D eigenvalue weighted by Crippen LogP contribution is 2.36. The second-order valence-corrected chi connectivity index (χ2v) is 5.14. The van der Waals surface area contributed by atoms with Crippen LogP contribution in [0.1, 0.15) is 34.4 Å². The number of carbonyl (C=O) groups excluding carboxylic acids is 1. The van der Waals surface area contributed by atoms with Gasteiger partial charge >= 0.3 is 5.97 Å². The number of alkyl halides is 1. The molecule has 0 aromatic heterocycles. The van der Waals surface area contributed by atoms with Gasteiger partial charge in [0, 0.05) is 5.92 Å². The first-order valence-corrected chi connectivity index (χ1v) is 6.48. The second-order valence-electron chi connectivity index (χ2n) is 4.22. The number of fused-ring (bicyclic) bond motifs is 1. The minimum absolute atomic E-state index is 0.267. The van der Waals surface area contributed by atoms with E-state index in [-0.39, 0.29) is 5.97 Å². The van der Waals surface area contributed by atoms with Crippen LogP contribution in [-0.2, 0) is 20.9 Å². The van der Waals surface area contributed by atoms with Gasteiger partial charge in [-0.05, 0) is 16.7 Å². The summed E-state index contributed by atoms with van der Waals surface area (Å²) in [5.74, 6) is 0.0387. The van der Waals surface area contributed by atoms with Crippen molar-refractivity contribution >= 4 is 21.9 Å². The van der Waals surface area contributed by atoms with E-state index < -0.39 is 4.83 Å². The van der Waals surface area contributed by atoms with Crippen molar-refractivity contribution in [2.24, 2.45) is 0 Å². The molecule has 1 aliphatic heterocycles. The molecule has 4 heteroatoms. The molecule has 0 radical (unpaired) electrons. The molecule has 3 nitrogen and oxygen atoms in total. The van der Waals surface area contributed by atoms with Gasteiger partial charge in [-0.2, -0.15) is 0 Å². The van der Waals surface area contributed by atoms with Crippen LogP contribution in [0, 0.1) is 0 Å². The van der Waals surface area contributed by atoms with Crippen molar-refractivity contribution in [3.8, 4) is 0 Å². The monoisotopic (exact) mass is 298 g/mol. The number of methoxy groups -OCH3 is 1. The Morgan fingerprint density at radius 1 is 1.59 bits per heavy atom. The van der Waals surface area contributed by atoms with Crippen LogP contribution in [0.25, 0.3) is 0 Å². The zero-order chi connectivity index (χ0) is 12.4. The van der Waals surface area contributed by atoms with Crippen molar-refractivity contribution in [2.75, 3.05) is 13.7 Å². The summed E-state index contributed by atoms with van der Waals surface area (Å²) in [5, 5.41) is 0. The SMILES string of the molecule is COC(=O)C(Br)c1cccc2c1[C@H](C)COC2. The van der Waals surface area contributed by atoms with Crippen LogP contribution in [-0.4, -0.2) is 19.7 Å². The van der Waals surface area contributed by atoms with Crippen molar-refractivity contribution in [1.29, 1.82) is 0 Å². The fourth-order valence-corrected chi connectivity index (χ4v) is 2.83. The van der Waals surface area contributed by atoms with E-state index in [1.54, 1.807) is 0 Å². The Bertz CT molecular complexity index is 431. The first-order chi connectivity index (χ1) is 8.15. The quantitative estimate of drug-likeness (QED) is 0.622. The first kappa shape index (κ1) is 12.6. The zero-order valence-corrected chi connectivity index (χ0v) is 11.5. The average molecular weight is 299 g/mol. The highest BCUT2D eigenvalue weighted by molar-refractivity contribution is 9.09. The summed E-state index contributed by atoms with van der Waals surface area (Å²) in [6, 6.07) is 5.97. The molecule has 0 amide bonds. The second kappa shape index (κ2) is 5.19. The molecular weight excluding hydrogens is 284 g/mol. The number of rotatable bonds is 2. The van der Waals surface area contributed by atoms with E-state index >= 15 is 0 Å². The molecule has 1 unspecified atom stereocenters. The molecule has 0 aliphatic carbocycles. The van der Waals surface area contributed by atoms with E-state index in [1.165, 1.54) is 12.7 Å². The molecule has 0 N–H and O–H groups in total. The minimum Gasteiger partial charge on any atom is -0.468 e. The highest BCUT2D eigenvalue weighted by atomic mass is 79.9. The van der Waals surface area contributed by atoms with Crippen LogP contribution in [0.3, 0.4) is 0 Å². The van der Waals surface area contributed by atoms with Gasteiger partial charge in [0.2, 0.25) is 0 Å². The summed E-state index contributed by atoms with van der Waals surface area (Å²) in [7, 11) is 1.40. The maximum absolute atomic E-state index is 11.6. The van der Waals surface area contributed by atoms with Gasteiger partial charge in [-0.1, -0.05) is 41.1 Å². The van der Waals surface area contributed by atoms with Gasteiger partial charge < -0.3 is 9.47 Å². The van der Waals surface area contributed by atoms with Crippen LogP contribution in [0.5, 0.6) is 0 Å². The fourth-order valence-electron chi connectivity index (χ4n) is 2.24. The summed E-state index contributed by atoms with van der Waals surface area (Å²) in [6.07, 6.45) is 0. The molecule has 0 saturated carbocycles. The lowest BCUT2D eigenvalue weighted by molar-refractivity contribution is -0.139. The number of esters is 1. The molecule has 1 aromatic carbocycles. The van der Waals surface area contributed by atoms with E-state index in [0.29, 0.717) is 19.1 Å².